The Labute approximate surface area is 139 Å². The lowest BCUT2D eigenvalue weighted by Crippen LogP contribution is -2.14. The second kappa shape index (κ2) is 7.82. The zero-order valence-corrected chi connectivity index (χ0v) is 14.2. The molecule has 0 bridgehead atoms. The molecule has 0 radical (unpaired) electrons. The Bertz CT molecular complexity index is 703. The maximum atomic E-state index is 5.71. The third-order valence-corrected chi connectivity index (χ3v) is 4.28. The normalized spacial score (nSPS) is 12.1. The number of pyridine rings is 1. The second-order valence-electron chi connectivity index (χ2n) is 6.25. The van der Waals surface area contributed by atoms with Crippen molar-refractivity contribution >= 4 is 16.6 Å². The number of nitrogens with zero attached hydrogens (tertiary/aromatic N) is 1. The predicted molar refractivity (Wildman–Crippen MR) is 99.9 cm³/mol. The van der Waals surface area contributed by atoms with Gasteiger partial charge in [0.2, 0.25) is 0 Å². The van der Waals surface area contributed by atoms with Crippen molar-refractivity contribution < 1.29 is 0 Å². The highest BCUT2D eigenvalue weighted by molar-refractivity contribution is 5.85. The van der Waals surface area contributed by atoms with Gasteiger partial charge in [-0.1, -0.05) is 32.6 Å². The summed E-state index contributed by atoms with van der Waals surface area (Å²) in [6.45, 7) is 13.1. The first-order chi connectivity index (χ1) is 11.0. The maximum Gasteiger partial charge on any atom is 0.0731 e. The van der Waals surface area contributed by atoms with Crippen LogP contribution in [0.4, 0.5) is 0 Å². The van der Waals surface area contributed by atoms with Gasteiger partial charge in [0.1, 0.15) is 0 Å². The number of aromatic nitrogens is 1. The molecule has 0 saturated heterocycles. The van der Waals surface area contributed by atoms with Gasteiger partial charge in [0.25, 0.3) is 0 Å². The average molecular weight is 309 g/mol. The fourth-order valence-electron chi connectivity index (χ4n) is 2.65. The van der Waals surface area contributed by atoms with Crippen LogP contribution in [0.15, 0.2) is 49.3 Å². The molecule has 3 nitrogen and oxygen atoms in total. The van der Waals surface area contributed by atoms with Crippen molar-refractivity contribution in [2.45, 2.75) is 33.1 Å². The molecular formula is C20H27N3. The van der Waals surface area contributed by atoms with Gasteiger partial charge >= 0.3 is 0 Å². The number of allylic oxidation sites excluding steroid dienone is 1. The molecule has 0 spiro atoms. The van der Waals surface area contributed by atoms with E-state index < -0.39 is 0 Å². The number of hydrogen-bond donors (Lipinski definition) is 2. The molecule has 0 saturated carbocycles. The molecule has 0 aliphatic carbocycles. The van der Waals surface area contributed by atoms with Crippen LogP contribution in [-0.4, -0.2) is 11.5 Å². The summed E-state index contributed by atoms with van der Waals surface area (Å²) in [5.74, 6) is 0.397. The largest absolute Gasteiger partial charge is 0.402 e. The number of hydrogen-bond acceptors (Lipinski definition) is 3. The lowest BCUT2D eigenvalue weighted by atomic mass is 10.0. The fraction of sp³-hybridized carbons (Fsp3) is 0.350. The molecule has 3 N–H and O–H groups in total. The van der Waals surface area contributed by atoms with Crippen molar-refractivity contribution in [2.24, 2.45) is 11.7 Å². The number of nitrogens with two attached hydrogens (primary N) is 1. The molecule has 0 amide bonds. The Balaban J connectivity index is 1.88. The molecule has 1 aromatic carbocycles. The molecule has 2 rings (SSSR count). The first-order valence-electron chi connectivity index (χ1n) is 8.22. The summed E-state index contributed by atoms with van der Waals surface area (Å²) in [7, 11) is 0. The Morgan fingerprint density at radius 3 is 2.83 bits per heavy atom. The maximum absolute atomic E-state index is 5.71. The van der Waals surface area contributed by atoms with E-state index >= 15 is 0 Å². The van der Waals surface area contributed by atoms with Gasteiger partial charge < -0.3 is 11.1 Å². The molecule has 2 aromatic rings. The van der Waals surface area contributed by atoms with Gasteiger partial charge in [-0.2, -0.15) is 0 Å². The molecule has 1 unspecified atom stereocenters. The summed E-state index contributed by atoms with van der Waals surface area (Å²) in [5.41, 5.74) is 10.8. The van der Waals surface area contributed by atoms with Crippen LogP contribution in [0.2, 0.25) is 0 Å². The molecule has 0 aliphatic rings. The molecule has 122 valence electrons. The van der Waals surface area contributed by atoms with E-state index in [2.05, 4.69) is 55.5 Å². The number of aryl methyl sites for hydroxylation is 1. The molecular weight excluding hydrogens is 282 g/mol. The number of benzene rings is 1. The molecule has 23 heavy (non-hydrogen) atoms. The van der Waals surface area contributed by atoms with Gasteiger partial charge in [-0.15, -0.1) is 0 Å². The highest BCUT2D eigenvalue weighted by Gasteiger charge is 2.05. The molecule has 1 heterocycles. The summed E-state index contributed by atoms with van der Waals surface area (Å²) in [4.78, 5) is 4.43. The molecule has 0 fully saturated rings. The smallest absolute Gasteiger partial charge is 0.0731 e. The molecule has 3 heteroatoms. The molecule has 1 aromatic heterocycles. The van der Waals surface area contributed by atoms with Gasteiger partial charge in [0.15, 0.2) is 0 Å². The van der Waals surface area contributed by atoms with Gasteiger partial charge in [0.05, 0.1) is 5.52 Å². The summed E-state index contributed by atoms with van der Waals surface area (Å²) < 4.78 is 0. The van der Waals surface area contributed by atoms with E-state index in [1.165, 1.54) is 5.56 Å². The molecule has 1 atom stereocenters. The Hall–Kier alpha value is -2.29. The summed E-state index contributed by atoms with van der Waals surface area (Å²) in [6.07, 6.45) is 5.16. The lowest BCUT2D eigenvalue weighted by Gasteiger charge is -2.13. The highest BCUT2D eigenvalue weighted by atomic mass is 14.9. The van der Waals surface area contributed by atoms with Crippen LogP contribution in [-0.2, 0) is 0 Å². The van der Waals surface area contributed by atoms with Crippen molar-refractivity contribution in [3.05, 3.63) is 60.4 Å². The van der Waals surface area contributed by atoms with Gasteiger partial charge in [0, 0.05) is 29.5 Å². The average Bonchev–Trinajstić information content (AvgIpc) is 2.54. The lowest BCUT2D eigenvalue weighted by molar-refractivity contribution is 0.551. The van der Waals surface area contributed by atoms with Crippen LogP contribution in [0.3, 0.4) is 0 Å². The van der Waals surface area contributed by atoms with Crippen LogP contribution in [0.25, 0.3) is 16.6 Å². The van der Waals surface area contributed by atoms with Crippen LogP contribution in [0.5, 0.6) is 0 Å². The number of nitrogens with one attached hydrogen (secondary N) is 1. The van der Waals surface area contributed by atoms with Crippen LogP contribution < -0.4 is 11.1 Å². The number of fused-ring (bicyclic) bond motifs is 1. The minimum Gasteiger partial charge on any atom is -0.402 e. The Kier molecular flexibility index (Phi) is 5.80. The van der Waals surface area contributed by atoms with Crippen molar-refractivity contribution in [1.82, 2.24) is 10.3 Å². The summed E-state index contributed by atoms with van der Waals surface area (Å²) in [5, 5.41) is 4.58. The second-order valence-corrected chi connectivity index (χ2v) is 6.25. The van der Waals surface area contributed by atoms with Crippen LogP contribution in [0, 0.1) is 12.8 Å². The quantitative estimate of drug-likeness (QED) is 0.711. The van der Waals surface area contributed by atoms with E-state index in [4.69, 9.17) is 5.73 Å². The standard InChI is InChI=1S/C20H27N3/c1-14(16(3)21)8-5-6-10-22-17(4)19-12-15(2)20-18(13-19)9-7-11-23-20/h7,9,11-14,22H,3-6,8,10,21H2,1-2H3. The topological polar surface area (TPSA) is 50.9 Å². The van der Waals surface area contributed by atoms with E-state index in [0.717, 1.165) is 53.7 Å². The van der Waals surface area contributed by atoms with E-state index in [-0.39, 0.29) is 0 Å². The van der Waals surface area contributed by atoms with Crippen LogP contribution >= 0.6 is 0 Å². The number of rotatable bonds is 8. The van der Waals surface area contributed by atoms with E-state index in [0.29, 0.717) is 5.92 Å². The Morgan fingerprint density at radius 1 is 1.30 bits per heavy atom. The first-order valence-corrected chi connectivity index (χ1v) is 8.22. The van der Waals surface area contributed by atoms with Gasteiger partial charge in [-0.05, 0) is 55.0 Å². The van der Waals surface area contributed by atoms with Crippen molar-refractivity contribution in [2.75, 3.05) is 6.54 Å². The van der Waals surface area contributed by atoms with E-state index in [1.54, 1.807) is 0 Å². The highest BCUT2D eigenvalue weighted by Crippen LogP contribution is 2.21. The fourth-order valence-corrected chi connectivity index (χ4v) is 2.65. The van der Waals surface area contributed by atoms with E-state index in [1.807, 2.05) is 12.3 Å². The van der Waals surface area contributed by atoms with Crippen molar-refractivity contribution in [1.29, 1.82) is 0 Å². The zero-order chi connectivity index (χ0) is 16.8. The predicted octanol–water partition coefficient (Wildman–Crippen LogP) is 4.38. The minimum absolute atomic E-state index is 0.397. The van der Waals surface area contributed by atoms with Crippen LogP contribution in [0.1, 0.15) is 37.3 Å². The van der Waals surface area contributed by atoms with E-state index in [9.17, 15) is 0 Å². The summed E-state index contributed by atoms with van der Waals surface area (Å²) >= 11 is 0. The third kappa shape index (κ3) is 4.59. The summed E-state index contributed by atoms with van der Waals surface area (Å²) in [6, 6.07) is 8.34. The molecule has 0 aliphatic heterocycles. The first kappa shape index (κ1) is 17.1. The SMILES string of the molecule is C=C(NCCCCC(C)C(=C)N)c1cc(C)c2ncccc2c1. The van der Waals surface area contributed by atoms with Crippen molar-refractivity contribution in [3.63, 3.8) is 0 Å². The minimum atomic E-state index is 0.397. The van der Waals surface area contributed by atoms with Gasteiger partial charge in [-0.3, -0.25) is 4.98 Å². The van der Waals surface area contributed by atoms with Gasteiger partial charge in [-0.25, -0.2) is 0 Å². The third-order valence-electron chi connectivity index (χ3n) is 4.28. The van der Waals surface area contributed by atoms with Crippen molar-refractivity contribution in [3.8, 4) is 0 Å². The number of unbranched alkanes of at least 4 members (excludes halogenated alkanes) is 1. The zero-order valence-electron chi connectivity index (χ0n) is 14.2. The monoisotopic (exact) mass is 309 g/mol. The Morgan fingerprint density at radius 2 is 2.09 bits per heavy atom.